The van der Waals surface area contributed by atoms with Crippen LogP contribution in [-0.4, -0.2) is 80.4 Å². The van der Waals surface area contributed by atoms with E-state index in [0.717, 1.165) is 22.5 Å². The van der Waals surface area contributed by atoms with E-state index in [0.29, 0.717) is 61.1 Å². The molecule has 11 nitrogen and oxygen atoms in total. The predicted molar refractivity (Wildman–Crippen MR) is 221 cm³/mol. The van der Waals surface area contributed by atoms with Gasteiger partial charge in [0.2, 0.25) is 0 Å². The molecule has 2 N–H and O–H groups in total. The Bertz CT molecular complexity index is 2380. The van der Waals surface area contributed by atoms with E-state index >= 15 is 0 Å². The molecule has 2 amide bonds. The van der Waals surface area contributed by atoms with Gasteiger partial charge in [-0.1, -0.05) is 28.1 Å². The Morgan fingerprint density at radius 2 is 1.17 bits per heavy atom. The first kappa shape index (κ1) is 42.6. The number of benzene rings is 4. The number of aryl methyl sites for hydroxylation is 2. The lowest BCUT2D eigenvalue weighted by atomic mass is 10.1. The van der Waals surface area contributed by atoms with E-state index in [9.17, 15) is 27.2 Å². The number of anilines is 2. The Hall–Kier alpha value is -6.00. The third-order valence-electron chi connectivity index (χ3n) is 9.43. The summed E-state index contributed by atoms with van der Waals surface area (Å²) in [6.45, 7) is 2.08. The minimum Gasteiger partial charge on any atom is -0.492 e. The Labute approximate surface area is 347 Å². The van der Waals surface area contributed by atoms with Crippen molar-refractivity contribution in [1.82, 2.24) is 24.5 Å². The van der Waals surface area contributed by atoms with E-state index in [2.05, 4.69) is 36.8 Å². The number of ether oxygens (including phenoxy) is 2. The van der Waals surface area contributed by atoms with Gasteiger partial charge >= 0.3 is 0 Å². The van der Waals surface area contributed by atoms with Crippen LogP contribution in [0.15, 0.2) is 109 Å². The fourth-order valence-electron chi connectivity index (χ4n) is 6.35. The quantitative estimate of drug-likeness (QED) is 0.0881. The number of amides is 2. The van der Waals surface area contributed by atoms with Crippen molar-refractivity contribution in [3.8, 4) is 34.0 Å². The number of halogens is 5. The third kappa shape index (κ3) is 11.6. The number of likely N-dealkylation sites (tertiary alicyclic amines) is 1. The highest BCUT2D eigenvalue weighted by Crippen LogP contribution is 2.34. The number of nitrogens with zero attached hydrogens (tertiary/aromatic N) is 5. The lowest BCUT2D eigenvalue weighted by Crippen LogP contribution is -2.41. The molecule has 0 bridgehead atoms. The molecule has 59 heavy (non-hydrogen) atoms. The molecule has 0 saturated carbocycles. The number of aromatic nitrogens is 4. The van der Waals surface area contributed by atoms with Crippen molar-refractivity contribution < 1.29 is 36.6 Å². The minimum atomic E-state index is -2.57. The van der Waals surface area contributed by atoms with Gasteiger partial charge in [-0.15, -0.1) is 0 Å². The molecule has 308 valence electrons. The van der Waals surface area contributed by atoms with Gasteiger partial charge in [-0.3, -0.25) is 23.9 Å². The molecule has 7 rings (SSSR count). The molecule has 4 aromatic carbocycles. The van der Waals surface area contributed by atoms with Crippen LogP contribution in [0.5, 0.6) is 11.5 Å². The summed E-state index contributed by atoms with van der Waals surface area (Å²) in [5, 5.41) is 14.7. The van der Waals surface area contributed by atoms with Crippen molar-refractivity contribution in [2.45, 2.75) is 18.8 Å². The van der Waals surface area contributed by atoms with E-state index in [1.165, 1.54) is 42.5 Å². The van der Waals surface area contributed by atoms with Gasteiger partial charge in [0.15, 0.2) is 0 Å². The zero-order valence-electron chi connectivity index (χ0n) is 32.3. The first-order valence-corrected chi connectivity index (χ1v) is 19.8. The Balaban J connectivity index is 0.000000204. The lowest BCUT2D eigenvalue weighted by Gasteiger charge is -2.31. The van der Waals surface area contributed by atoms with Crippen LogP contribution in [0.2, 0.25) is 0 Å². The number of hydrogen-bond acceptors (Lipinski definition) is 7. The van der Waals surface area contributed by atoms with Gasteiger partial charge in [0.05, 0.1) is 18.0 Å². The molecule has 0 radical (unpaired) electrons. The van der Waals surface area contributed by atoms with Crippen LogP contribution in [0, 0.1) is 11.6 Å². The van der Waals surface area contributed by atoms with Gasteiger partial charge in [-0.25, -0.2) is 17.6 Å². The zero-order valence-corrected chi connectivity index (χ0v) is 33.9. The Morgan fingerprint density at radius 1 is 0.695 bits per heavy atom. The topological polar surface area (TPSA) is 116 Å². The van der Waals surface area contributed by atoms with Crippen molar-refractivity contribution in [3.05, 3.63) is 132 Å². The molecule has 0 unspecified atom stereocenters. The summed E-state index contributed by atoms with van der Waals surface area (Å²) >= 11 is 3.34. The van der Waals surface area contributed by atoms with Gasteiger partial charge < -0.3 is 20.1 Å². The van der Waals surface area contributed by atoms with Crippen molar-refractivity contribution in [2.24, 2.45) is 14.1 Å². The van der Waals surface area contributed by atoms with Crippen LogP contribution in [0.4, 0.5) is 28.9 Å². The number of hydrogen-bond donors (Lipinski definition) is 2. The summed E-state index contributed by atoms with van der Waals surface area (Å²) < 4.78 is 68.7. The Kier molecular flexibility index (Phi) is 14.2. The predicted octanol–water partition coefficient (Wildman–Crippen LogP) is 8.84. The summed E-state index contributed by atoms with van der Waals surface area (Å²) in [7, 11) is 3.63. The fourth-order valence-corrected chi connectivity index (χ4v) is 6.51. The van der Waals surface area contributed by atoms with Crippen molar-refractivity contribution >= 4 is 39.1 Å². The SMILES string of the molecule is Cn1nccc1-c1cc(NC(=O)c2cccc(F)c2)ccc1OCCBr.Cn1nccc1-c1cc(NC(=O)c2cccc(F)c2)ccc1OCCN1CCC(F)(F)CC1. The van der Waals surface area contributed by atoms with E-state index < -0.39 is 23.5 Å². The van der Waals surface area contributed by atoms with Crippen molar-refractivity contribution in [3.63, 3.8) is 0 Å². The highest BCUT2D eigenvalue weighted by atomic mass is 79.9. The molecule has 0 aliphatic carbocycles. The average molecular weight is 877 g/mol. The van der Waals surface area contributed by atoms with Crippen LogP contribution in [-0.2, 0) is 14.1 Å². The van der Waals surface area contributed by atoms with Gasteiger partial charge in [0, 0.05) is 97.9 Å². The largest absolute Gasteiger partial charge is 0.492 e. The summed E-state index contributed by atoms with van der Waals surface area (Å²) in [4.78, 5) is 26.8. The second-order valence-electron chi connectivity index (χ2n) is 13.6. The molecule has 1 saturated heterocycles. The Morgan fingerprint density at radius 3 is 1.59 bits per heavy atom. The molecule has 16 heteroatoms. The first-order valence-electron chi connectivity index (χ1n) is 18.7. The molecule has 3 heterocycles. The summed E-state index contributed by atoms with van der Waals surface area (Å²) in [5.74, 6) is -3.04. The van der Waals surface area contributed by atoms with E-state index in [1.807, 2.05) is 30.1 Å². The summed E-state index contributed by atoms with van der Waals surface area (Å²) in [6.07, 6.45) is 3.09. The minimum absolute atomic E-state index is 0.132. The normalized spacial score (nSPS) is 13.5. The molecule has 6 aromatic rings. The lowest BCUT2D eigenvalue weighted by molar-refractivity contribution is -0.0564. The number of carbonyl (C=O) groups is 2. The van der Waals surface area contributed by atoms with Gasteiger partial charge in [0.25, 0.3) is 17.7 Å². The zero-order chi connectivity index (χ0) is 41.9. The van der Waals surface area contributed by atoms with Crippen LogP contribution in [0.25, 0.3) is 22.5 Å². The van der Waals surface area contributed by atoms with Gasteiger partial charge in [-0.2, -0.15) is 10.2 Å². The highest BCUT2D eigenvalue weighted by Gasteiger charge is 2.33. The first-order chi connectivity index (χ1) is 28.4. The summed E-state index contributed by atoms with van der Waals surface area (Å²) in [6, 6.07) is 25.3. The van der Waals surface area contributed by atoms with Crippen LogP contribution in [0.3, 0.4) is 0 Å². The smallest absolute Gasteiger partial charge is 0.255 e. The standard InChI is InChI=1S/C24H25F3N4O2.C19H17BrFN3O2/c1-30-21(7-10-28-30)20-16-19(29-23(32)17-3-2-4-18(25)15-17)5-6-22(20)33-14-13-31-11-8-24(26,27)9-12-31;1-24-17(7-9-22-24)16-12-15(5-6-18(16)26-10-8-20)23-19(25)13-3-2-4-14(21)11-13/h2-7,10,15-16H,8-9,11-14H2,1H3,(H,29,32);2-7,9,11-12H,8,10H2,1H3,(H,23,25). The number of piperidine rings is 1. The fraction of sp³-hybridized carbons (Fsp3) is 0.256. The molecule has 1 aliphatic heterocycles. The molecular formula is C43H42BrF4N7O4. The van der Waals surface area contributed by atoms with Crippen LogP contribution in [0.1, 0.15) is 33.6 Å². The summed E-state index contributed by atoms with van der Waals surface area (Å²) in [5.41, 5.74) is 4.74. The van der Waals surface area contributed by atoms with E-state index in [1.54, 1.807) is 65.2 Å². The van der Waals surface area contributed by atoms with Crippen molar-refractivity contribution in [2.75, 3.05) is 48.8 Å². The number of nitrogens with one attached hydrogen (secondary N) is 2. The highest BCUT2D eigenvalue weighted by molar-refractivity contribution is 9.09. The maximum Gasteiger partial charge on any atom is 0.255 e. The van der Waals surface area contributed by atoms with Crippen LogP contribution < -0.4 is 20.1 Å². The molecule has 2 aromatic heterocycles. The van der Waals surface area contributed by atoms with Gasteiger partial charge in [0.1, 0.15) is 29.7 Å². The number of rotatable bonds is 13. The number of carbonyl (C=O) groups excluding carboxylic acids is 2. The van der Waals surface area contributed by atoms with Crippen LogP contribution >= 0.6 is 15.9 Å². The monoisotopic (exact) mass is 875 g/mol. The molecule has 0 atom stereocenters. The second-order valence-corrected chi connectivity index (χ2v) is 14.4. The van der Waals surface area contributed by atoms with Crippen molar-refractivity contribution in [1.29, 1.82) is 0 Å². The maximum absolute atomic E-state index is 13.5. The van der Waals surface area contributed by atoms with Gasteiger partial charge in [-0.05, 0) is 84.9 Å². The number of alkyl halides is 3. The molecule has 0 spiro atoms. The van der Waals surface area contributed by atoms with E-state index in [4.69, 9.17) is 9.47 Å². The molecule has 1 aliphatic rings. The van der Waals surface area contributed by atoms with E-state index in [-0.39, 0.29) is 29.9 Å². The second kappa shape index (κ2) is 19.6. The third-order valence-corrected chi connectivity index (χ3v) is 9.75. The average Bonchev–Trinajstić information content (AvgIpc) is 3.85. The molecule has 1 fully saturated rings. The molecular weight excluding hydrogens is 834 g/mol. The maximum atomic E-state index is 13.5.